The van der Waals surface area contributed by atoms with Gasteiger partial charge in [0.15, 0.2) is 9.84 Å². The van der Waals surface area contributed by atoms with Crippen molar-refractivity contribution in [2.75, 3.05) is 5.75 Å². The number of nitrogens with zero attached hydrogens (tertiary/aromatic N) is 1. The number of rotatable bonds is 3. The molecule has 0 spiro atoms. The molecule has 1 unspecified atom stereocenters. The molecular weight excluding hydrogens is 406 g/mol. The number of benzene rings is 2. The van der Waals surface area contributed by atoms with Crippen LogP contribution in [0.4, 0.5) is 0 Å². The zero-order valence-corrected chi connectivity index (χ0v) is 16.5. The molecule has 0 fully saturated rings. The van der Waals surface area contributed by atoms with E-state index in [0.717, 1.165) is 5.56 Å². The summed E-state index contributed by atoms with van der Waals surface area (Å²) < 4.78 is 47.6. The lowest BCUT2D eigenvalue weighted by atomic mass is 9.99. The normalized spacial score (nSPS) is 19.0. The van der Waals surface area contributed by atoms with E-state index in [4.69, 9.17) is 0 Å². The Balaban J connectivity index is 0.00000210. The molecule has 1 atom stereocenters. The SMILES string of the molecule is Cl.O=S(=O)(c1ccccc1)C1CS(O)(O)c2cccc(-c3cccnc3)c21. The smallest absolute Gasteiger partial charge is 0.187 e. The van der Waals surface area contributed by atoms with Gasteiger partial charge in [0.2, 0.25) is 0 Å². The summed E-state index contributed by atoms with van der Waals surface area (Å²) in [7, 11) is -6.95. The monoisotopic (exact) mass is 423 g/mol. The third-order valence-electron chi connectivity index (χ3n) is 4.54. The standard InChI is InChI=1S/C19H17NO4S2.ClH/c21-25(22)13-18(26(23,24)15-7-2-1-3-8-15)19-16(9-4-10-17(19)25)14-6-5-11-20-12-14;/h1-12,18,21-22H,13H2;1H. The second-order valence-corrected chi connectivity index (χ2v) is 10.4. The van der Waals surface area contributed by atoms with E-state index in [1.165, 1.54) is 12.1 Å². The van der Waals surface area contributed by atoms with E-state index in [0.29, 0.717) is 16.0 Å². The molecule has 2 heterocycles. The number of aromatic nitrogens is 1. The van der Waals surface area contributed by atoms with Crippen LogP contribution >= 0.6 is 23.0 Å². The van der Waals surface area contributed by atoms with Gasteiger partial charge in [-0.2, -0.15) is 10.6 Å². The summed E-state index contributed by atoms with van der Waals surface area (Å²) in [6.07, 6.45) is 3.28. The highest BCUT2D eigenvalue weighted by molar-refractivity contribution is 8.25. The molecule has 0 saturated carbocycles. The summed E-state index contributed by atoms with van der Waals surface area (Å²) in [5, 5.41) is -1.01. The van der Waals surface area contributed by atoms with E-state index >= 15 is 0 Å². The lowest BCUT2D eigenvalue weighted by molar-refractivity contribution is 0.491. The van der Waals surface area contributed by atoms with Crippen molar-refractivity contribution in [2.24, 2.45) is 0 Å². The van der Waals surface area contributed by atoms with Gasteiger partial charge in [-0.1, -0.05) is 36.4 Å². The number of fused-ring (bicyclic) bond motifs is 1. The van der Waals surface area contributed by atoms with Crippen molar-refractivity contribution in [3.05, 3.63) is 78.6 Å². The van der Waals surface area contributed by atoms with Crippen LogP contribution in [0.5, 0.6) is 0 Å². The summed E-state index contributed by atoms with van der Waals surface area (Å²) >= 11 is 0. The minimum Gasteiger partial charge on any atom is -0.295 e. The Morgan fingerprint density at radius 3 is 2.37 bits per heavy atom. The number of sulfone groups is 1. The molecule has 3 aromatic rings. The molecule has 0 aliphatic carbocycles. The van der Waals surface area contributed by atoms with Crippen molar-refractivity contribution >= 4 is 32.8 Å². The van der Waals surface area contributed by atoms with Gasteiger partial charge in [-0.15, -0.1) is 12.4 Å². The van der Waals surface area contributed by atoms with Crippen molar-refractivity contribution < 1.29 is 17.5 Å². The molecule has 8 heteroatoms. The molecule has 142 valence electrons. The van der Waals surface area contributed by atoms with E-state index in [1.807, 2.05) is 6.07 Å². The van der Waals surface area contributed by atoms with Gasteiger partial charge in [0.05, 0.1) is 15.5 Å². The number of hydrogen-bond donors (Lipinski definition) is 2. The Morgan fingerprint density at radius 1 is 0.963 bits per heavy atom. The fraction of sp³-hybridized carbons (Fsp3) is 0.105. The maximum Gasteiger partial charge on any atom is 0.187 e. The first-order valence-corrected chi connectivity index (χ1v) is 11.3. The van der Waals surface area contributed by atoms with Gasteiger partial charge in [0.25, 0.3) is 0 Å². The highest BCUT2D eigenvalue weighted by atomic mass is 35.5. The third kappa shape index (κ3) is 3.37. The first kappa shape index (κ1) is 19.9. The summed E-state index contributed by atoms with van der Waals surface area (Å²) in [5.74, 6) is -0.225. The van der Waals surface area contributed by atoms with Gasteiger partial charge < -0.3 is 0 Å². The largest absolute Gasteiger partial charge is 0.295 e. The second kappa shape index (κ2) is 7.26. The van der Waals surface area contributed by atoms with Crippen LogP contribution in [0.15, 0.2) is 82.8 Å². The van der Waals surface area contributed by atoms with Gasteiger partial charge in [-0.05, 0) is 29.8 Å². The number of pyridine rings is 1. The average Bonchev–Trinajstić information content (AvgIpc) is 2.95. The van der Waals surface area contributed by atoms with Crippen LogP contribution in [0.1, 0.15) is 10.8 Å². The van der Waals surface area contributed by atoms with E-state index in [2.05, 4.69) is 4.98 Å². The molecule has 5 nitrogen and oxygen atoms in total. The number of halogens is 1. The summed E-state index contributed by atoms with van der Waals surface area (Å²) in [6.45, 7) is 0. The molecule has 0 radical (unpaired) electrons. The van der Waals surface area contributed by atoms with Crippen LogP contribution in [0.2, 0.25) is 0 Å². The molecule has 0 amide bonds. The van der Waals surface area contributed by atoms with Crippen molar-refractivity contribution in [2.45, 2.75) is 15.0 Å². The predicted octanol–water partition coefficient (Wildman–Crippen LogP) is 4.81. The fourth-order valence-corrected chi connectivity index (χ4v) is 7.80. The number of hydrogen-bond acceptors (Lipinski definition) is 5. The van der Waals surface area contributed by atoms with Crippen molar-refractivity contribution in [1.29, 1.82) is 0 Å². The molecule has 0 saturated heterocycles. The molecule has 2 N–H and O–H groups in total. The van der Waals surface area contributed by atoms with Crippen molar-refractivity contribution in [1.82, 2.24) is 4.98 Å². The quantitative estimate of drug-likeness (QED) is 0.631. The molecule has 2 aromatic carbocycles. The molecule has 1 aliphatic rings. The molecule has 0 bridgehead atoms. The maximum absolute atomic E-state index is 13.2. The molecule has 1 aromatic heterocycles. The first-order chi connectivity index (χ1) is 12.4. The van der Waals surface area contributed by atoms with Crippen LogP contribution in [0, 0.1) is 0 Å². The van der Waals surface area contributed by atoms with E-state index in [-0.39, 0.29) is 23.1 Å². The predicted molar refractivity (Wildman–Crippen MR) is 109 cm³/mol. The Bertz CT molecular complexity index is 1060. The van der Waals surface area contributed by atoms with Crippen LogP contribution in [0.25, 0.3) is 11.1 Å². The van der Waals surface area contributed by atoms with Crippen LogP contribution < -0.4 is 0 Å². The topological polar surface area (TPSA) is 87.5 Å². The van der Waals surface area contributed by atoms with Crippen molar-refractivity contribution in [3.63, 3.8) is 0 Å². The Kier molecular flexibility index (Phi) is 5.33. The Hall–Kier alpha value is -1.90. The summed E-state index contributed by atoms with van der Waals surface area (Å²) in [5.41, 5.74) is 1.87. The van der Waals surface area contributed by atoms with Gasteiger partial charge in [0.1, 0.15) is 5.25 Å². The minimum atomic E-state index is -3.77. The fourth-order valence-electron chi connectivity index (χ4n) is 3.34. The van der Waals surface area contributed by atoms with Crippen molar-refractivity contribution in [3.8, 4) is 11.1 Å². The average molecular weight is 424 g/mol. The summed E-state index contributed by atoms with van der Waals surface area (Å²) in [6, 6.07) is 16.8. The zero-order chi connectivity index (χ0) is 18.4. The lowest BCUT2D eigenvalue weighted by Crippen LogP contribution is -2.15. The maximum atomic E-state index is 13.2. The lowest BCUT2D eigenvalue weighted by Gasteiger charge is -2.27. The molecular formula is C19H18ClNO4S2. The van der Waals surface area contributed by atoms with Crippen LogP contribution in [0.3, 0.4) is 0 Å². The highest BCUT2D eigenvalue weighted by Crippen LogP contribution is 2.63. The zero-order valence-electron chi connectivity index (χ0n) is 14.1. The van der Waals surface area contributed by atoms with Gasteiger partial charge in [0, 0.05) is 23.5 Å². The second-order valence-electron chi connectivity index (χ2n) is 6.14. The van der Waals surface area contributed by atoms with E-state index in [9.17, 15) is 17.5 Å². The van der Waals surface area contributed by atoms with Crippen LogP contribution in [-0.2, 0) is 9.84 Å². The van der Waals surface area contributed by atoms with Gasteiger partial charge in [-0.25, -0.2) is 8.42 Å². The minimum absolute atomic E-state index is 0. The highest BCUT2D eigenvalue weighted by Gasteiger charge is 2.44. The van der Waals surface area contributed by atoms with E-state index in [1.54, 1.807) is 54.9 Å². The first-order valence-electron chi connectivity index (χ1n) is 7.99. The van der Waals surface area contributed by atoms with Gasteiger partial charge in [-0.3, -0.25) is 14.1 Å². The molecule has 4 rings (SSSR count). The summed E-state index contributed by atoms with van der Waals surface area (Å²) in [4.78, 5) is 4.58. The van der Waals surface area contributed by atoms with Crippen LogP contribution in [-0.4, -0.2) is 28.3 Å². The third-order valence-corrected chi connectivity index (χ3v) is 8.69. The molecule has 1 aliphatic heterocycles. The Morgan fingerprint density at radius 2 is 1.70 bits per heavy atom. The van der Waals surface area contributed by atoms with E-state index < -0.39 is 25.7 Å². The Labute approximate surface area is 165 Å². The van der Waals surface area contributed by atoms with Gasteiger partial charge >= 0.3 is 0 Å². The molecule has 27 heavy (non-hydrogen) atoms.